The smallest absolute Gasteiger partial charge is 0.266 e. The average molecular weight is 184 g/mol. The molecule has 4 heteroatoms. The zero-order chi connectivity index (χ0) is 8.10. The number of hydrogen-bond acceptors (Lipinski definition) is 2. The van der Waals surface area contributed by atoms with E-state index in [0.717, 1.165) is 0 Å². The summed E-state index contributed by atoms with van der Waals surface area (Å²) in [7, 11) is 0. The van der Waals surface area contributed by atoms with Crippen molar-refractivity contribution in [3.8, 4) is 0 Å². The first kappa shape index (κ1) is 10.6. The Morgan fingerprint density at radius 2 is 1.83 bits per heavy atom. The van der Waals surface area contributed by atoms with Gasteiger partial charge in [0.2, 0.25) is 6.08 Å². The van der Waals surface area contributed by atoms with Crippen LogP contribution in [0.4, 0.5) is 0 Å². The summed E-state index contributed by atoms with van der Waals surface area (Å²) >= 11 is 0. The second-order valence-corrected chi connectivity index (χ2v) is 1.87. The van der Waals surface area contributed by atoms with Crippen molar-refractivity contribution in [2.45, 2.75) is 0 Å². The van der Waals surface area contributed by atoms with Gasteiger partial charge in [0.25, 0.3) is 5.91 Å². The Balaban J connectivity index is 0.00000121. The highest BCUT2D eigenvalue weighted by atomic mass is 35.5. The summed E-state index contributed by atoms with van der Waals surface area (Å²) in [6.45, 7) is 0. The molecule has 1 amide bonds. The second-order valence-electron chi connectivity index (χ2n) is 1.87. The largest absolute Gasteiger partial charge is 0.287 e. The van der Waals surface area contributed by atoms with Crippen molar-refractivity contribution in [1.29, 1.82) is 0 Å². The Hall–Kier alpha value is -1.44. The van der Waals surface area contributed by atoms with Crippen molar-refractivity contribution >= 4 is 24.4 Å². The van der Waals surface area contributed by atoms with Gasteiger partial charge in [-0.2, -0.15) is 0 Å². The lowest BCUT2D eigenvalue weighted by atomic mass is 10.2. The van der Waals surface area contributed by atoms with E-state index in [1.165, 1.54) is 6.08 Å². The number of benzene rings is 1. The van der Waals surface area contributed by atoms with Crippen LogP contribution in [0.25, 0.3) is 0 Å². The maximum absolute atomic E-state index is 10.8. The maximum Gasteiger partial charge on any atom is 0.287 e. The van der Waals surface area contributed by atoms with Crippen molar-refractivity contribution in [1.82, 2.24) is 0 Å². The van der Waals surface area contributed by atoms with Gasteiger partial charge in [0.1, 0.15) is 0 Å². The van der Waals surface area contributed by atoms with Crippen LogP contribution in [-0.4, -0.2) is 12.0 Å². The molecule has 0 fully saturated rings. The molecule has 0 unspecified atom stereocenters. The summed E-state index contributed by atoms with van der Waals surface area (Å²) in [4.78, 5) is 23.4. The fourth-order valence-corrected chi connectivity index (χ4v) is 0.687. The third-order valence-electron chi connectivity index (χ3n) is 1.17. The molecule has 3 nitrogen and oxygen atoms in total. The van der Waals surface area contributed by atoms with Gasteiger partial charge in [0, 0.05) is 5.56 Å². The molecule has 1 aromatic rings. The van der Waals surface area contributed by atoms with Crippen LogP contribution in [-0.2, 0) is 4.79 Å². The van der Waals surface area contributed by atoms with Crippen LogP contribution in [0.3, 0.4) is 0 Å². The van der Waals surface area contributed by atoms with Crippen molar-refractivity contribution < 1.29 is 9.59 Å². The van der Waals surface area contributed by atoms with E-state index >= 15 is 0 Å². The fraction of sp³-hybridized carbons (Fsp3) is 0. The Labute approximate surface area is 75.5 Å². The number of halogens is 1. The maximum atomic E-state index is 10.8. The first-order chi connectivity index (χ1) is 5.34. The van der Waals surface area contributed by atoms with E-state index in [-0.39, 0.29) is 12.4 Å². The molecule has 0 aliphatic carbocycles. The monoisotopic (exact) mass is 183 g/mol. The topological polar surface area (TPSA) is 46.5 Å². The van der Waals surface area contributed by atoms with E-state index < -0.39 is 5.91 Å². The van der Waals surface area contributed by atoms with Gasteiger partial charge in [0.05, 0.1) is 0 Å². The minimum atomic E-state index is -0.555. The number of carbonyl (C=O) groups excluding carboxylic acids is 2. The molecule has 0 spiro atoms. The predicted octanol–water partition coefficient (Wildman–Crippen LogP) is 1.58. The lowest BCUT2D eigenvalue weighted by Gasteiger charge is -1.88. The van der Waals surface area contributed by atoms with Crippen molar-refractivity contribution in [3.63, 3.8) is 0 Å². The molecule has 0 atom stereocenters. The molecule has 0 bridgehead atoms. The SMILES string of the molecule is Cl.O=C=NC(=O)c1ccccc1. The molecule has 12 heavy (non-hydrogen) atoms. The summed E-state index contributed by atoms with van der Waals surface area (Å²) in [5.74, 6) is -0.555. The van der Waals surface area contributed by atoms with Crippen LogP contribution in [0.1, 0.15) is 10.4 Å². The Kier molecular flexibility index (Phi) is 4.61. The average Bonchev–Trinajstić information content (AvgIpc) is 2.07. The van der Waals surface area contributed by atoms with Crippen molar-refractivity contribution in [3.05, 3.63) is 35.9 Å². The third-order valence-corrected chi connectivity index (χ3v) is 1.17. The summed E-state index contributed by atoms with van der Waals surface area (Å²) in [5, 5.41) is 0. The molecule has 0 N–H and O–H groups in total. The van der Waals surface area contributed by atoms with Crippen LogP contribution in [0.2, 0.25) is 0 Å². The minimum absolute atomic E-state index is 0. The van der Waals surface area contributed by atoms with E-state index in [2.05, 4.69) is 4.99 Å². The van der Waals surface area contributed by atoms with Crippen LogP contribution >= 0.6 is 12.4 Å². The number of aliphatic imine (C=N–C) groups is 1. The molecule has 62 valence electrons. The molecule has 0 radical (unpaired) electrons. The Bertz CT molecular complexity index is 304. The standard InChI is InChI=1S/C8H5NO2.ClH/c10-6-9-8(11)7-4-2-1-3-5-7;/h1-5H;1H. The molecule has 0 heterocycles. The molecular weight excluding hydrogens is 178 g/mol. The number of carbonyl (C=O) groups is 1. The van der Waals surface area contributed by atoms with Gasteiger partial charge in [-0.1, -0.05) is 18.2 Å². The highest BCUT2D eigenvalue weighted by Gasteiger charge is 1.99. The van der Waals surface area contributed by atoms with E-state index in [4.69, 9.17) is 0 Å². The number of rotatable bonds is 1. The molecule has 0 aromatic heterocycles. The first-order valence-corrected chi connectivity index (χ1v) is 3.02. The van der Waals surface area contributed by atoms with Crippen molar-refractivity contribution in [2.75, 3.05) is 0 Å². The van der Waals surface area contributed by atoms with Gasteiger partial charge in [-0.25, -0.2) is 4.79 Å². The lowest BCUT2D eigenvalue weighted by Crippen LogP contribution is -1.92. The Morgan fingerprint density at radius 3 is 2.33 bits per heavy atom. The second kappa shape index (κ2) is 5.24. The summed E-state index contributed by atoms with van der Waals surface area (Å²) < 4.78 is 0. The lowest BCUT2D eigenvalue weighted by molar-refractivity contribution is 0.100. The molecular formula is C8H6ClNO2. The Morgan fingerprint density at radius 1 is 1.25 bits per heavy atom. The van der Waals surface area contributed by atoms with Gasteiger partial charge in [0.15, 0.2) is 0 Å². The van der Waals surface area contributed by atoms with E-state index in [0.29, 0.717) is 5.56 Å². The summed E-state index contributed by atoms with van der Waals surface area (Å²) in [6, 6.07) is 8.36. The predicted molar refractivity (Wildman–Crippen MR) is 46.1 cm³/mol. The summed E-state index contributed by atoms with van der Waals surface area (Å²) in [6.07, 6.45) is 1.19. The van der Waals surface area contributed by atoms with Crippen LogP contribution in [0, 0.1) is 0 Å². The van der Waals surface area contributed by atoms with E-state index in [1.807, 2.05) is 0 Å². The number of hydrogen-bond donors (Lipinski definition) is 0. The zero-order valence-electron chi connectivity index (χ0n) is 6.06. The summed E-state index contributed by atoms with van der Waals surface area (Å²) in [5.41, 5.74) is 0.399. The van der Waals surface area contributed by atoms with Gasteiger partial charge < -0.3 is 0 Å². The highest BCUT2D eigenvalue weighted by Crippen LogP contribution is 1.99. The zero-order valence-corrected chi connectivity index (χ0v) is 6.88. The molecule has 0 saturated carbocycles. The van der Waals surface area contributed by atoms with Crippen LogP contribution < -0.4 is 0 Å². The van der Waals surface area contributed by atoms with E-state index in [9.17, 15) is 9.59 Å². The normalized spacial score (nSPS) is 7.67. The van der Waals surface area contributed by atoms with Gasteiger partial charge in [-0.05, 0) is 12.1 Å². The van der Waals surface area contributed by atoms with Gasteiger partial charge in [-0.15, -0.1) is 17.4 Å². The minimum Gasteiger partial charge on any atom is -0.266 e. The van der Waals surface area contributed by atoms with Crippen LogP contribution in [0.15, 0.2) is 35.3 Å². The highest BCUT2D eigenvalue weighted by molar-refractivity contribution is 5.97. The first-order valence-electron chi connectivity index (χ1n) is 3.02. The van der Waals surface area contributed by atoms with Gasteiger partial charge >= 0.3 is 0 Å². The number of isocyanates is 1. The number of amides is 1. The van der Waals surface area contributed by atoms with Crippen LogP contribution in [0.5, 0.6) is 0 Å². The number of nitrogens with zero attached hydrogens (tertiary/aromatic N) is 1. The molecule has 1 aromatic carbocycles. The van der Waals surface area contributed by atoms with Gasteiger partial charge in [-0.3, -0.25) is 4.79 Å². The molecule has 0 saturated heterocycles. The van der Waals surface area contributed by atoms with Crippen molar-refractivity contribution in [2.24, 2.45) is 4.99 Å². The molecule has 0 aliphatic heterocycles. The quantitative estimate of drug-likeness (QED) is 0.490. The fourth-order valence-electron chi connectivity index (χ4n) is 0.687. The third kappa shape index (κ3) is 2.66. The molecule has 0 aliphatic rings. The van der Waals surface area contributed by atoms with E-state index in [1.54, 1.807) is 30.3 Å². The molecule has 1 rings (SSSR count).